The van der Waals surface area contributed by atoms with Crippen LogP contribution in [0.3, 0.4) is 0 Å². The molecule has 0 N–H and O–H groups in total. The molecule has 144 valence electrons. The average molecular weight is 378 g/mol. The average Bonchev–Trinajstić information content (AvgIpc) is 3.03. The Morgan fingerprint density at radius 3 is 2.59 bits per heavy atom. The van der Waals surface area contributed by atoms with Crippen molar-refractivity contribution in [3.05, 3.63) is 35.5 Å². The molecule has 2 aromatic rings. The Bertz CT molecular complexity index is 820. The second kappa shape index (κ2) is 6.61. The lowest BCUT2D eigenvalue weighted by molar-refractivity contribution is -0.141. The van der Waals surface area contributed by atoms with Crippen molar-refractivity contribution < 1.29 is 13.2 Å². The van der Waals surface area contributed by atoms with Crippen molar-refractivity contribution >= 4 is 11.8 Å². The first kappa shape index (κ1) is 17.9. The predicted molar refractivity (Wildman–Crippen MR) is 94.6 cm³/mol. The van der Waals surface area contributed by atoms with Crippen LogP contribution in [0.5, 0.6) is 0 Å². The minimum absolute atomic E-state index is 0.144. The van der Waals surface area contributed by atoms with Crippen LogP contribution >= 0.6 is 0 Å². The van der Waals surface area contributed by atoms with Gasteiger partial charge < -0.3 is 9.80 Å². The highest BCUT2D eigenvalue weighted by atomic mass is 19.4. The normalized spacial score (nSPS) is 22.9. The summed E-state index contributed by atoms with van der Waals surface area (Å²) in [4.78, 5) is 20.9. The zero-order valence-electron chi connectivity index (χ0n) is 15.2. The Hall–Kier alpha value is -2.45. The van der Waals surface area contributed by atoms with E-state index in [1.807, 2.05) is 24.8 Å². The molecule has 2 atom stereocenters. The fraction of sp³-hybridized carbons (Fsp3) is 0.556. The molecule has 2 unspecified atom stereocenters. The number of alkyl halides is 3. The summed E-state index contributed by atoms with van der Waals surface area (Å²) in [6, 6.07) is 3.06. The molecule has 0 aromatic carbocycles. The monoisotopic (exact) mass is 378 g/mol. The molecular formula is C18H21F3N6. The zero-order valence-corrected chi connectivity index (χ0v) is 15.2. The molecule has 6 nitrogen and oxygen atoms in total. The van der Waals surface area contributed by atoms with E-state index in [2.05, 4.69) is 24.8 Å². The lowest BCUT2D eigenvalue weighted by Crippen LogP contribution is -2.49. The third-order valence-corrected chi connectivity index (χ3v) is 5.33. The smallest absolute Gasteiger partial charge is 0.351 e. The number of anilines is 2. The van der Waals surface area contributed by atoms with E-state index in [1.54, 1.807) is 0 Å². The number of fused-ring (bicyclic) bond motifs is 1. The lowest BCUT2D eigenvalue weighted by atomic mass is 9.92. The standard InChI is InChI=1S/C18H21F3N6/c1-11-9-16(24-12(2)23-11)27-8-5-13-4-7-26(10-14(13)27)17-22-6-3-15(25-17)18(19,20)21/h3,6,9,13-14H,4-5,7-8,10H2,1-2H3. The van der Waals surface area contributed by atoms with Crippen LogP contribution in [0, 0.1) is 19.8 Å². The zero-order chi connectivity index (χ0) is 19.2. The molecule has 9 heteroatoms. The van der Waals surface area contributed by atoms with Gasteiger partial charge in [0.15, 0.2) is 0 Å². The van der Waals surface area contributed by atoms with E-state index >= 15 is 0 Å². The van der Waals surface area contributed by atoms with Gasteiger partial charge >= 0.3 is 6.18 Å². The Kier molecular flexibility index (Phi) is 4.39. The summed E-state index contributed by atoms with van der Waals surface area (Å²) >= 11 is 0. The van der Waals surface area contributed by atoms with E-state index in [1.165, 1.54) is 6.20 Å². The topological polar surface area (TPSA) is 58.0 Å². The second-order valence-corrected chi connectivity index (χ2v) is 7.20. The maximum atomic E-state index is 13.0. The van der Waals surface area contributed by atoms with Crippen LogP contribution in [-0.2, 0) is 6.18 Å². The molecule has 0 radical (unpaired) electrons. The Morgan fingerprint density at radius 1 is 1.07 bits per heavy atom. The van der Waals surface area contributed by atoms with Gasteiger partial charge in [-0.15, -0.1) is 0 Å². The van der Waals surface area contributed by atoms with E-state index in [0.29, 0.717) is 19.0 Å². The van der Waals surface area contributed by atoms with Crippen molar-refractivity contribution in [2.75, 3.05) is 29.4 Å². The number of hydrogen-bond acceptors (Lipinski definition) is 6. The molecule has 2 aliphatic rings. The van der Waals surface area contributed by atoms with Gasteiger partial charge in [-0.05, 0) is 38.7 Å². The highest BCUT2D eigenvalue weighted by Crippen LogP contribution is 2.36. The summed E-state index contributed by atoms with van der Waals surface area (Å²) in [5.41, 5.74) is 0.00905. The maximum Gasteiger partial charge on any atom is 0.433 e. The highest BCUT2D eigenvalue weighted by Gasteiger charge is 2.40. The summed E-state index contributed by atoms with van der Waals surface area (Å²) in [5.74, 6) is 2.26. The Balaban J connectivity index is 1.58. The Morgan fingerprint density at radius 2 is 1.85 bits per heavy atom. The molecule has 0 amide bonds. The molecule has 2 fully saturated rings. The number of piperidine rings is 1. The third-order valence-electron chi connectivity index (χ3n) is 5.33. The molecule has 0 aliphatic carbocycles. The van der Waals surface area contributed by atoms with Crippen molar-refractivity contribution in [1.29, 1.82) is 0 Å². The maximum absolute atomic E-state index is 13.0. The second-order valence-electron chi connectivity index (χ2n) is 7.20. The van der Waals surface area contributed by atoms with Gasteiger partial charge in [-0.2, -0.15) is 13.2 Å². The van der Waals surface area contributed by atoms with Crippen molar-refractivity contribution in [2.24, 2.45) is 5.92 Å². The SMILES string of the molecule is Cc1cc(N2CCC3CCN(c4nccc(C(F)(F)F)n4)CC32)nc(C)n1. The summed E-state index contributed by atoms with van der Waals surface area (Å²) < 4.78 is 38.9. The molecule has 2 aromatic heterocycles. The van der Waals surface area contributed by atoms with Gasteiger partial charge in [0.25, 0.3) is 0 Å². The van der Waals surface area contributed by atoms with E-state index in [-0.39, 0.29) is 12.0 Å². The highest BCUT2D eigenvalue weighted by molar-refractivity contribution is 5.45. The van der Waals surface area contributed by atoms with Gasteiger partial charge in [-0.25, -0.2) is 19.9 Å². The minimum atomic E-state index is -4.47. The van der Waals surface area contributed by atoms with E-state index in [9.17, 15) is 13.2 Å². The molecular weight excluding hydrogens is 357 g/mol. The third kappa shape index (κ3) is 3.54. The summed E-state index contributed by atoms with van der Waals surface area (Å²) in [7, 11) is 0. The lowest BCUT2D eigenvalue weighted by Gasteiger charge is -2.39. The molecule has 4 heterocycles. The molecule has 0 spiro atoms. The van der Waals surface area contributed by atoms with Crippen molar-refractivity contribution in [3.8, 4) is 0 Å². The van der Waals surface area contributed by atoms with Gasteiger partial charge in [-0.1, -0.05) is 0 Å². The number of halogens is 3. The fourth-order valence-corrected chi connectivity index (χ4v) is 4.11. The number of hydrogen-bond donors (Lipinski definition) is 0. The van der Waals surface area contributed by atoms with E-state index in [0.717, 1.165) is 42.8 Å². The summed E-state index contributed by atoms with van der Waals surface area (Å²) in [5, 5.41) is 0. The quantitative estimate of drug-likeness (QED) is 0.801. The summed E-state index contributed by atoms with van der Waals surface area (Å²) in [6.07, 6.45) is -1.32. The number of aromatic nitrogens is 4. The van der Waals surface area contributed by atoms with E-state index in [4.69, 9.17) is 0 Å². The predicted octanol–water partition coefficient (Wildman–Crippen LogP) is 3.01. The first-order valence-electron chi connectivity index (χ1n) is 9.05. The number of nitrogens with zero attached hydrogens (tertiary/aromatic N) is 6. The first-order chi connectivity index (χ1) is 12.8. The fourth-order valence-electron chi connectivity index (χ4n) is 4.11. The largest absolute Gasteiger partial charge is 0.433 e. The van der Waals surface area contributed by atoms with E-state index < -0.39 is 11.9 Å². The van der Waals surface area contributed by atoms with Crippen molar-refractivity contribution in [2.45, 2.75) is 38.9 Å². The molecule has 2 saturated heterocycles. The van der Waals surface area contributed by atoms with Gasteiger partial charge in [-0.3, -0.25) is 0 Å². The van der Waals surface area contributed by atoms with Crippen LogP contribution in [0.4, 0.5) is 24.9 Å². The molecule has 0 bridgehead atoms. The van der Waals surface area contributed by atoms with Crippen LogP contribution in [0.25, 0.3) is 0 Å². The van der Waals surface area contributed by atoms with Gasteiger partial charge in [0.05, 0.1) is 6.04 Å². The molecule has 27 heavy (non-hydrogen) atoms. The van der Waals surface area contributed by atoms with Crippen LogP contribution in [0.1, 0.15) is 30.1 Å². The minimum Gasteiger partial charge on any atom is -0.351 e. The summed E-state index contributed by atoms with van der Waals surface area (Å²) in [6.45, 7) is 5.96. The number of aryl methyl sites for hydroxylation is 2. The molecule has 0 saturated carbocycles. The first-order valence-corrected chi connectivity index (χ1v) is 9.05. The van der Waals surface area contributed by atoms with Crippen LogP contribution in [-0.4, -0.2) is 45.6 Å². The van der Waals surface area contributed by atoms with Gasteiger partial charge in [0.2, 0.25) is 5.95 Å². The van der Waals surface area contributed by atoms with Crippen molar-refractivity contribution in [1.82, 2.24) is 19.9 Å². The van der Waals surface area contributed by atoms with Crippen molar-refractivity contribution in [3.63, 3.8) is 0 Å². The Labute approximate surface area is 155 Å². The molecule has 2 aliphatic heterocycles. The van der Waals surface area contributed by atoms with Crippen LogP contribution < -0.4 is 9.80 Å². The van der Waals surface area contributed by atoms with Crippen LogP contribution in [0.2, 0.25) is 0 Å². The van der Waals surface area contributed by atoms with Gasteiger partial charge in [0, 0.05) is 37.6 Å². The number of rotatable bonds is 2. The molecule has 4 rings (SSSR count). The van der Waals surface area contributed by atoms with Crippen LogP contribution in [0.15, 0.2) is 18.3 Å². The van der Waals surface area contributed by atoms with Gasteiger partial charge in [0.1, 0.15) is 17.3 Å².